The third-order valence-electron chi connectivity index (χ3n) is 2.91. The smallest absolute Gasteiger partial charge is 0.341 e. The number of urea groups is 1. The molecule has 1 aromatic rings. The first-order valence-corrected chi connectivity index (χ1v) is 5.74. The Morgan fingerprint density at radius 3 is 2.89 bits per heavy atom. The monoisotopic (exact) mass is 261 g/mol. The van der Waals surface area contributed by atoms with Gasteiger partial charge in [-0.25, -0.2) is 14.6 Å². The van der Waals surface area contributed by atoms with E-state index in [1.165, 1.54) is 12.1 Å². The third kappa shape index (κ3) is 2.24. The summed E-state index contributed by atoms with van der Waals surface area (Å²) < 4.78 is 4.65. The van der Waals surface area contributed by atoms with Gasteiger partial charge in [0, 0.05) is 7.05 Å². The van der Waals surface area contributed by atoms with Gasteiger partial charge in [0.25, 0.3) is 0 Å². The average molecular weight is 261 g/mol. The van der Waals surface area contributed by atoms with Crippen molar-refractivity contribution >= 4 is 23.4 Å². The van der Waals surface area contributed by atoms with Gasteiger partial charge in [-0.3, -0.25) is 5.01 Å². The van der Waals surface area contributed by atoms with Gasteiger partial charge in [0.2, 0.25) is 0 Å². The predicted octanol–water partition coefficient (Wildman–Crippen LogP) is 1.86. The number of nitrogens with one attached hydrogen (secondary N) is 1. The minimum atomic E-state index is -0.437. The Labute approximate surface area is 111 Å². The number of nitrogens with zero attached hydrogens (tertiary/aromatic N) is 2. The van der Waals surface area contributed by atoms with Crippen LogP contribution in [0.4, 0.5) is 16.2 Å². The normalized spacial score (nSPS) is 13.7. The molecule has 0 fully saturated rings. The lowest BCUT2D eigenvalue weighted by atomic mass is 10.1. The molecule has 0 saturated heterocycles. The van der Waals surface area contributed by atoms with E-state index in [4.69, 9.17) is 0 Å². The summed E-state index contributed by atoms with van der Waals surface area (Å²) in [6, 6.07) is 4.75. The Kier molecular flexibility index (Phi) is 3.41. The summed E-state index contributed by atoms with van der Waals surface area (Å²) in [6.07, 6.45) is 1.64. The maximum atomic E-state index is 11.9. The first-order valence-electron chi connectivity index (χ1n) is 5.74. The molecule has 6 nitrogen and oxygen atoms in total. The molecule has 0 aromatic heterocycles. The van der Waals surface area contributed by atoms with Crippen LogP contribution in [0.25, 0.3) is 0 Å². The van der Waals surface area contributed by atoms with Crippen molar-refractivity contribution in [3.63, 3.8) is 0 Å². The summed E-state index contributed by atoms with van der Waals surface area (Å²) in [5.41, 5.74) is 1.77. The van der Waals surface area contributed by atoms with E-state index in [1.54, 1.807) is 36.3 Å². The van der Waals surface area contributed by atoms with Gasteiger partial charge in [-0.15, -0.1) is 6.58 Å². The van der Waals surface area contributed by atoms with Crippen LogP contribution in [-0.2, 0) is 4.74 Å². The predicted molar refractivity (Wildman–Crippen MR) is 72.1 cm³/mol. The highest BCUT2D eigenvalue weighted by Crippen LogP contribution is 2.31. The van der Waals surface area contributed by atoms with Crippen molar-refractivity contribution in [1.29, 1.82) is 0 Å². The van der Waals surface area contributed by atoms with Crippen LogP contribution in [0, 0.1) is 0 Å². The number of methoxy groups -OCH3 is 1. The highest BCUT2D eigenvalue weighted by atomic mass is 16.5. The van der Waals surface area contributed by atoms with Gasteiger partial charge in [-0.2, -0.15) is 0 Å². The van der Waals surface area contributed by atoms with Gasteiger partial charge < -0.3 is 10.1 Å². The van der Waals surface area contributed by atoms with E-state index in [0.717, 1.165) is 5.69 Å². The Balaban J connectivity index is 2.38. The number of amides is 2. The van der Waals surface area contributed by atoms with Crippen LogP contribution in [0.5, 0.6) is 0 Å². The highest BCUT2D eigenvalue weighted by Gasteiger charge is 2.27. The molecule has 0 saturated carbocycles. The molecule has 1 aliphatic heterocycles. The molecule has 1 aromatic carbocycles. The molecule has 0 bridgehead atoms. The summed E-state index contributed by atoms with van der Waals surface area (Å²) in [4.78, 5) is 23.4. The minimum absolute atomic E-state index is 0.267. The molecule has 19 heavy (non-hydrogen) atoms. The van der Waals surface area contributed by atoms with E-state index >= 15 is 0 Å². The first-order chi connectivity index (χ1) is 9.08. The zero-order chi connectivity index (χ0) is 14.0. The van der Waals surface area contributed by atoms with Crippen molar-refractivity contribution in [2.24, 2.45) is 0 Å². The van der Waals surface area contributed by atoms with Crippen molar-refractivity contribution in [3.05, 3.63) is 36.4 Å². The van der Waals surface area contributed by atoms with Gasteiger partial charge >= 0.3 is 12.0 Å². The second-order valence-corrected chi connectivity index (χ2v) is 4.05. The molecule has 0 aliphatic carbocycles. The van der Waals surface area contributed by atoms with Crippen LogP contribution >= 0.6 is 0 Å². The fraction of sp³-hybridized carbons (Fsp3) is 0.231. The lowest BCUT2D eigenvalue weighted by Crippen LogP contribution is -2.50. The molecule has 6 heteroatoms. The van der Waals surface area contributed by atoms with E-state index in [0.29, 0.717) is 17.8 Å². The van der Waals surface area contributed by atoms with Crippen LogP contribution in [0.3, 0.4) is 0 Å². The van der Waals surface area contributed by atoms with Crippen LogP contribution in [0.1, 0.15) is 10.4 Å². The molecule has 0 unspecified atom stereocenters. The van der Waals surface area contributed by atoms with E-state index < -0.39 is 5.97 Å². The third-order valence-corrected chi connectivity index (χ3v) is 2.91. The zero-order valence-corrected chi connectivity index (χ0v) is 10.8. The Morgan fingerprint density at radius 1 is 1.53 bits per heavy atom. The molecule has 2 amide bonds. The number of benzene rings is 1. The molecule has 1 aliphatic rings. The van der Waals surface area contributed by atoms with Crippen molar-refractivity contribution in [2.45, 2.75) is 0 Å². The second kappa shape index (κ2) is 5.01. The molecule has 2 rings (SSSR count). The molecule has 100 valence electrons. The summed E-state index contributed by atoms with van der Waals surface area (Å²) in [5.74, 6) is -0.437. The largest absolute Gasteiger partial charge is 0.465 e. The number of carbonyl (C=O) groups excluding carboxylic acids is 2. The number of hydrazine groups is 1. The first kappa shape index (κ1) is 12.9. The number of hydrogen-bond donors (Lipinski definition) is 1. The lowest BCUT2D eigenvalue weighted by molar-refractivity contribution is 0.0600. The number of carbonyl (C=O) groups is 2. The Hall–Kier alpha value is -2.50. The van der Waals surface area contributed by atoms with E-state index in [9.17, 15) is 9.59 Å². The van der Waals surface area contributed by atoms with Crippen LogP contribution < -0.4 is 10.3 Å². The average Bonchev–Trinajstić information content (AvgIpc) is 2.42. The lowest BCUT2D eigenvalue weighted by Gasteiger charge is -2.38. The van der Waals surface area contributed by atoms with Gasteiger partial charge in [0.05, 0.1) is 30.6 Å². The molecule has 1 N–H and O–H groups in total. The summed E-state index contributed by atoms with van der Waals surface area (Å²) in [7, 11) is 3.09. The number of ether oxygens (including phenoxy) is 1. The van der Waals surface area contributed by atoms with Crippen LogP contribution in [0.2, 0.25) is 0 Å². The number of hydrogen-bond acceptors (Lipinski definition) is 4. The summed E-state index contributed by atoms with van der Waals surface area (Å²) in [6.45, 7) is 4.02. The fourth-order valence-electron chi connectivity index (χ4n) is 1.94. The SMILES string of the molecule is C=CCN1C(=O)Nc2cc(C(=O)OC)ccc2N1C. The van der Waals surface area contributed by atoms with Gasteiger partial charge in [0.1, 0.15) is 0 Å². The van der Waals surface area contributed by atoms with Crippen molar-refractivity contribution < 1.29 is 14.3 Å². The zero-order valence-electron chi connectivity index (χ0n) is 10.8. The number of fused-ring (bicyclic) bond motifs is 1. The molecule has 1 heterocycles. The van der Waals surface area contributed by atoms with Crippen LogP contribution in [-0.4, -0.2) is 37.7 Å². The second-order valence-electron chi connectivity index (χ2n) is 4.05. The van der Waals surface area contributed by atoms with Crippen molar-refractivity contribution in [3.8, 4) is 0 Å². The molecule has 0 atom stereocenters. The maximum Gasteiger partial charge on any atom is 0.341 e. The molecule has 0 radical (unpaired) electrons. The quantitative estimate of drug-likeness (QED) is 0.666. The number of esters is 1. The summed E-state index contributed by atoms with van der Waals surface area (Å²) in [5, 5.41) is 5.96. The van der Waals surface area contributed by atoms with Crippen molar-refractivity contribution in [1.82, 2.24) is 5.01 Å². The Bertz CT molecular complexity index is 542. The van der Waals surface area contributed by atoms with Gasteiger partial charge in [0.15, 0.2) is 0 Å². The van der Waals surface area contributed by atoms with E-state index in [1.807, 2.05) is 0 Å². The standard InChI is InChI=1S/C13H15N3O3/c1-4-7-16-13(18)14-10-8-9(12(17)19-3)5-6-11(10)15(16)2/h4-6,8H,1,7H2,2-3H3,(H,14,18). The Morgan fingerprint density at radius 2 is 2.26 bits per heavy atom. The molecular weight excluding hydrogens is 246 g/mol. The van der Waals surface area contributed by atoms with E-state index in [2.05, 4.69) is 16.6 Å². The van der Waals surface area contributed by atoms with Crippen LogP contribution in [0.15, 0.2) is 30.9 Å². The highest BCUT2D eigenvalue weighted by molar-refractivity contribution is 6.00. The summed E-state index contributed by atoms with van der Waals surface area (Å²) >= 11 is 0. The van der Waals surface area contributed by atoms with Crippen molar-refractivity contribution in [2.75, 3.05) is 31.0 Å². The molecule has 0 spiro atoms. The topological polar surface area (TPSA) is 61.9 Å². The maximum absolute atomic E-state index is 11.9. The van der Waals surface area contributed by atoms with E-state index in [-0.39, 0.29) is 6.03 Å². The minimum Gasteiger partial charge on any atom is -0.465 e. The van der Waals surface area contributed by atoms with Gasteiger partial charge in [-0.05, 0) is 18.2 Å². The number of rotatable bonds is 3. The molecular formula is C13H15N3O3. The van der Waals surface area contributed by atoms with Gasteiger partial charge in [-0.1, -0.05) is 6.08 Å². The number of anilines is 2. The fourth-order valence-corrected chi connectivity index (χ4v) is 1.94.